The Hall–Kier alpha value is -1.55. The third kappa shape index (κ3) is 3.48. The standard InChI is InChI=1S/C12H5F15OS/c13-4-6(14,15)7(16,17)8(18,19)9(20,21)10(22,23)11(24,25)12(26,27)28-5-1-2-29-3-5/h1-3H,4H2. The molecule has 0 atom stereocenters. The van der Waals surface area contributed by atoms with Gasteiger partial charge in [-0.3, -0.25) is 0 Å². The predicted molar refractivity (Wildman–Crippen MR) is 65.6 cm³/mol. The molecule has 0 amide bonds. The van der Waals surface area contributed by atoms with E-state index in [2.05, 4.69) is 4.74 Å². The Morgan fingerprint density at radius 2 is 1.07 bits per heavy atom. The molecule has 1 heterocycles. The average molecular weight is 482 g/mol. The summed E-state index contributed by atoms with van der Waals surface area (Å²) in [5, 5.41) is 1.29. The van der Waals surface area contributed by atoms with E-state index in [-0.39, 0.29) is 0 Å². The second kappa shape index (κ2) is 7.01. The lowest BCUT2D eigenvalue weighted by Gasteiger charge is -2.41. The Morgan fingerprint density at radius 3 is 1.45 bits per heavy atom. The number of halogens is 15. The molecule has 0 aliphatic heterocycles. The van der Waals surface area contributed by atoms with Gasteiger partial charge in [0.1, 0.15) is 5.75 Å². The van der Waals surface area contributed by atoms with Crippen LogP contribution in [0.2, 0.25) is 0 Å². The van der Waals surface area contributed by atoms with E-state index >= 15 is 0 Å². The maximum Gasteiger partial charge on any atom is 0.471 e. The van der Waals surface area contributed by atoms with Crippen LogP contribution in [0, 0.1) is 0 Å². The van der Waals surface area contributed by atoms with Gasteiger partial charge in [0.25, 0.3) is 0 Å². The molecule has 0 aromatic carbocycles. The summed E-state index contributed by atoms with van der Waals surface area (Å²) in [4.78, 5) is 0. The summed E-state index contributed by atoms with van der Waals surface area (Å²) in [6.45, 7) is -3.80. The zero-order valence-electron chi connectivity index (χ0n) is 12.9. The minimum atomic E-state index is -8.24. The number of alkyl halides is 15. The van der Waals surface area contributed by atoms with Crippen molar-refractivity contribution in [2.24, 2.45) is 0 Å². The van der Waals surface area contributed by atoms with Gasteiger partial charge < -0.3 is 4.74 Å². The lowest BCUT2D eigenvalue weighted by Crippen LogP contribution is -2.73. The molecule has 0 N–H and O–H groups in total. The van der Waals surface area contributed by atoms with E-state index in [1.165, 1.54) is 0 Å². The first-order chi connectivity index (χ1) is 12.6. The van der Waals surface area contributed by atoms with Crippen LogP contribution >= 0.6 is 11.3 Å². The number of hydrogen-bond donors (Lipinski definition) is 0. The van der Waals surface area contributed by atoms with Crippen molar-refractivity contribution in [2.75, 3.05) is 6.67 Å². The molecule has 1 aromatic rings. The van der Waals surface area contributed by atoms with Gasteiger partial charge in [-0.2, -0.15) is 61.5 Å². The minimum Gasteiger partial charge on any atom is -0.427 e. The maximum atomic E-state index is 13.4. The number of hydrogen-bond acceptors (Lipinski definition) is 2. The van der Waals surface area contributed by atoms with E-state index in [1.807, 2.05) is 0 Å². The van der Waals surface area contributed by atoms with Crippen LogP contribution in [0.15, 0.2) is 16.8 Å². The SMILES string of the molecule is FCC(F)(F)C(F)(F)C(F)(F)C(F)(F)C(F)(F)C(F)(F)C(F)(F)Oc1ccsc1. The van der Waals surface area contributed by atoms with Crippen LogP contribution in [0.1, 0.15) is 0 Å². The van der Waals surface area contributed by atoms with E-state index in [1.54, 1.807) is 0 Å². The Bertz CT molecular complexity index is 696. The van der Waals surface area contributed by atoms with Gasteiger partial charge in [0.05, 0.1) is 0 Å². The third-order valence-electron chi connectivity index (χ3n) is 3.31. The summed E-state index contributed by atoms with van der Waals surface area (Å²) in [6, 6.07) is 0.426. The molecule has 0 unspecified atom stereocenters. The third-order valence-corrected chi connectivity index (χ3v) is 3.97. The van der Waals surface area contributed by atoms with E-state index in [4.69, 9.17) is 0 Å². The van der Waals surface area contributed by atoms with Gasteiger partial charge in [-0.05, 0) is 11.4 Å². The van der Waals surface area contributed by atoms with Crippen molar-refractivity contribution in [2.45, 2.75) is 41.6 Å². The monoisotopic (exact) mass is 482 g/mol. The number of thiophene rings is 1. The van der Waals surface area contributed by atoms with Crippen LogP contribution in [0.25, 0.3) is 0 Å². The molecule has 17 heteroatoms. The summed E-state index contributed by atoms with van der Waals surface area (Å²) >= 11 is 0.440. The largest absolute Gasteiger partial charge is 0.471 e. The Morgan fingerprint density at radius 1 is 0.655 bits per heavy atom. The lowest BCUT2D eigenvalue weighted by molar-refractivity contribution is -0.457. The minimum absolute atomic E-state index is 0.426. The first-order valence-corrected chi connectivity index (χ1v) is 7.50. The van der Waals surface area contributed by atoms with Crippen LogP contribution < -0.4 is 4.74 Å². The summed E-state index contributed by atoms with van der Waals surface area (Å²) in [5.74, 6) is -47.9. The summed E-state index contributed by atoms with van der Waals surface area (Å²) in [7, 11) is 0. The molecule has 0 spiro atoms. The molecule has 1 aromatic heterocycles. The first-order valence-electron chi connectivity index (χ1n) is 6.56. The van der Waals surface area contributed by atoms with Crippen molar-refractivity contribution < 1.29 is 70.6 Å². The van der Waals surface area contributed by atoms with Gasteiger partial charge in [-0.25, -0.2) is 4.39 Å². The predicted octanol–water partition coefficient (Wildman–Crippen LogP) is 6.50. The van der Waals surface area contributed by atoms with Crippen LogP contribution in [-0.2, 0) is 0 Å². The van der Waals surface area contributed by atoms with Gasteiger partial charge in [-0.15, -0.1) is 11.3 Å². The number of ether oxygens (including phenoxy) is 1. The van der Waals surface area contributed by atoms with Gasteiger partial charge in [0.15, 0.2) is 6.67 Å². The molecule has 0 fully saturated rings. The maximum absolute atomic E-state index is 13.4. The average Bonchev–Trinajstić information content (AvgIpc) is 3.05. The fourth-order valence-electron chi connectivity index (χ4n) is 1.61. The molecule has 0 aliphatic rings. The Kier molecular flexibility index (Phi) is 6.16. The van der Waals surface area contributed by atoms with Crippen LogP contribution in [0.4, 0.5) is 65.9 Å². The smallest absolute Gasteiger partial charge is 0.427 e. The molecule has 1 nitrogen and oxygen atoms in total. The molecule has 170 valence electrons. The molecule has 0 saturated carbocycles. The Balaban J connectivity index is 3.50. The first kappa shape index (κ1) is 25.5. The second-order valence-electron chi connectivity index (χ2n) is 5.29. The van der Waals surface area contributed by atoms with Gasteiger partial charge in [-0.1, -0.05) is 0 Å². The zero-order valence-corrected chi connectivity index (χ0v) is 13.7. The number of rotatable bonds is 9. The van der Waals surface area contributed by atoms with E-state index in [0.717, 1.165) is 5.38 Å². The molecule has 0 aliphatic carbocycles. The molecule has 0 radical (unpaired) electrons. The molecule has 0 bridgehead atoms. The fraction of sp³-hybridized carbons (Fsp3) is 0.667. The molecule has 29 heavy (non-hydrogen) atoms. The molecule has 1 rings (SSSR count). The summed E-state index contributed by atoms with van der Waals surface area (Å²) in [5.41, 5.74) is 0. The van der Waals surface area contributed by atoms with Crippen LogP contribution in [0.5, 0.6) is 5.75 Å². The van der Waals surface area contributed by atoms with Crippen molar-refractivity contribution in [1.82, 2.24) is 0 Å². The molecular weight excluding hydrogens is 477 g/mol. The topological polar surface area (TPSA) is 9.23 Å². The van der Waals surface area contributed by atoms with Crippen molar-refractivity contribution in [1.29, 1.82) is 0 Å². The highest BCUT2D eigenvalue weighted by molar-refractivity contribution is 7.08. The second-order valence-corrected chi connectivity index (χ2v) is 6.07. The quantitative estimate of drug-likeness (QED) is 0.365. The lowest BCUT2D eigenvalue weighted by atomic mass is 9.91. The van der Waals surface area contributed by atoms with Crippen LogP contribution in [0.3, 0.4) is 0 Å². The zero-order chi connectivity index (χ0) is 23.3. The van der Waals surface area contributed by atoms with E-state index < -0.39 is 54.1 Å². The highest BCUT2D eigenvalue weighted by Crippen LogP contribution is 2.62. The van der Waals surface area contributed by atoms with Gasteiger partial charge >= 0.3 is 41.6 Å². The van der Waals surface area contributed by atoms with Gasteiger partial charge in [0, 0.05) is 5.38 Å². The van der Waals surface area contributed by atoms with E-state index in [9.17, 15) is 65.9 Å². The fourth-order valence-corrected chi connectivity index (χ4v) is 2.16. The van der Waals surface area contributed by atoms with Crippen LogP contribution in [-0.4, -0.2) is 48.3 Å². The van der Waals surface area contributed by atoms with Crippen molar-refractivity contribution in [3.05, 3.63) is 16.8 Å². The highest BCUT2D eigenvalue weighted by atomic mass is 32.1. The Labute approximate surface area is 154 Å². The van der Waals surface area contributed by atoms with Crippen molar-refractivity contribution >= 4 is 11.3 Å². The molecule has 0 saturated heterocycles. The van der Waals surface area contributed by atoms with Gasteiger partial charge in [0.2, 0.25) is 0 Å². The van der Waals surface area contributed by atoms with Crippen molar-refractivity contribution in [3.63, 3.8) is 0 Å². The normalized spacial score (nSPS) is 15.6. The highest BCUT2D eigenvalue weighted by Gasteiger charge is 2.93. The summed E-state index contributed by atoms with van der Waals surface area (Å²) in [6.07, 6.45) is -6.71. The molecular formula is C12H5F15OS. The van der Waals surface area contributed by atoms with E-state index in [0.29, 0.717) is 22.8 Å². The van der Waals surface area contributed by atoms with Crippen molar-refractivity contribution in [3.8, 4) is 5.75 Å². The summed E-state index contributed by atoms with van der Waals surface area (Å²) < 4.78 is 199.